The quantitative estimate of drug-likeness (QED) is 0.572. The third kappa shape index (κ3) is 0.985. The van der Waals surface area contributed by atoms with Crippen LogP contribution in [0.3, 0.4) is 0 Å². The van der Waals surface area contributed by atoms with Crippen LogP contribution in [0.5, 0.6) is 0 Å². The van der Waals surface area contributed by atoms with E-state index < -0.39 is 0 Å². The Morgan fingerprint density at radius 3 is 3.00 bits per heavy atom. The van der Waals surface area contributed by atoms with Crippen molar-refractivity contribution in [2.45, 2.75) is 25.7 Å². The Morgan fingerprint density at radius 2 is 2.18 bits per heavy atom. The maximum absolute atomic E-state index is 11.0. The molecular formula is C9H10O2. The Bertz CT molecular complexity index is 271. The highest BCUT2D eigenvalue weighted by Gasteiger charge is 2.22. The first-order chi connectivity index (χ1) is 5.27. The van der Waals surface area contributed by atoms with Crippen molar-refractivity contribution in [1.29, 1.82) is 0 Å². The summed E-state index contributed by atoms with van der Waals surface area (Å²) in [6.07, 6.45) is 5.31. The molecule has 0 radical (unpaired) electrons. The fraction of sp³-hybridized carbons (Fsp3) is 0.444. The van der Waals surface area contributed by atoms with Gasteiger partial charge in [0.15, 0.2) is 5.76 Å². The van der Waals surface area contributed by atoms with E-state index in [9.17, 15) is 4.79 Å². The molecule has 0 aromatic heterocycles. The Balaban J connectivity index is 2.36. The molecule has 0 fully saturated rings. The summed E-state index contributed by atoms with van der Waals surface area (Å²) < 4.78 is 0. The highest BCUT2D eigenvalue weighted by Crippen LogP contribution is 2.33. The third-order valence-electron chi connectivity index (χ3n) is 2.35. The van der Waals surface area contributed by atoms with Crippen LogP contribution in [0.1, 0.15) is 25.7 Å². The lowest BCUT2D eigenvalue weighted by Gasteiger charge is -2.09. The highest BCUT2D eigenvalue weighted by molar-refractivity contribution is 5.96. The standard InChI is InChI=1S/C9H10O2/c10-8-4-6-2-1-3-7(6)5-9(8)11/h4,10H,1-3,5H2. The zero-order valence-electron chi connectivity index (χ0n) is 6.26. The van der Waals surface area contributed by atoms with Crippen LogP contribution in [0.2, 0.25) is 0 Å². The van der Waals surface area contributed by atoms with Crippen molar-refractivity contribution in [3.63, 3.8) is 0 Å². The number of hydrogen-bond acceptors (Lipinski definition) is 2. The van der Waals surface area contributed by atoms with Crippen LogP contribution in [-0.2, 0) is 4.79 Å². The largest absolute Gasteiger partial charge is 0.504 e. The Kier molecular flexibility index (Phi) is 1.34. The van der Waals surface area contributed by atoms with Crippen molar-refractivity contribution in [1.82, 2.24) is 0 Å². The molecule has 0 saturated carbocycles. The number of carbonyl (C=O) groups excluding carboxylic acids is 1. The fourth-order valence-electron chi connectivity index (χ4n) is 1.74. The van der Waals surface area contributed by atoms with Crippen molar-refractivity contribution in [2.24, 2.45) is 0 Å². The molecule has 11 heavy (non-hydrogen) atoms. The van der Waals surface area contributed by atoms with Gasteiger partial charge in [-0.2, -0.15) is 0 Å². The average Bonchev–Trinajstić information content (AvgIpc) is 2.36. The summed E-state index contributed by atoms with van der Waals surface area (Å²) in [5, 5.41) is 9.10. The van der Waals surface area contributed by atoms with Crippen molar-refractivity contribution in [3.05, 3.63) is 23.0 Å². The van der Waals surface area contributed by atoms with E-state index >= 15 is 0 Å². The molecule has 2 nitrogen and oxygen atoms in total. The predicted molar refractivity (Wildman–Crippen MR) is 41.2 cm³/mol. The molecule has 2 aliphatic rings. The monoisotopic (exact) mass is 150 g/mol. The SMILES string of the molecule is O=C1CC2=C(C=C1O)CCC2. The average molecular weight is 150 g/mol. The molecule has 2 heteroatoms. The molecule has 0 atom stereocenters. The van der Waals surface area contributed by atoms with Gasteiger partial charge in [-0.1, -0.05) is 5.57 Å². The van der Waals surface area contributed by atoms with Crippen LogP contribution in [-0.4, -0.2) is 10.9 Å². The van der Waals surface area contributed by atoms with E-state index in [0.717, 1.165) is 19.3 Å². The highest BCUT2D eigenvalue weighted by atomic mass is 16.3. The molecule has 0 spiro atoms. The number of rotatable bonds is 0. The number of Topliss-reactive ketones (excluding diaryl/α,β-unsaturated/α-hetero) is 1. The molecule has 0 aromatic rings. The van der Waals surface area contributed by atoms with E-state index in [0.29, 0.717) is 6.42 Å². The second kappa shape index (κ2) is 2.22. The molecule has 0 aliphatic heterocycles. The van der Waals surface area contributed by atoms with Gasteiger partial charge in [0, 0.05) is 6.42 Å². The van der Waals surface area contributed by atoms with Crippen LogP contribution < -0.4 is 0 Å². The van der Waals surface area contributed by atoms with Gasteiger partial charge in [0.2, 0.25) is 5.78 Å². The summed E-state index contributed by atoms with van der Waals surface area (Å²) in [7, 11) is 0. The fourth-order valence-corrected chi connectivity index (χ4v) is 1.74. The van der Waals surface area contributed by atoms with Crippen molar-refractivity contribution in [3.8, 4) is 0 Å². The molecule has 2 aliphatic carbocycles. The van der Waals surface area contributed by atoms with Gasteiger partial charge in [-0.25, -0.2) is 0 Å². The molecular weight excluding hydrogens is 140 g/mol. The van der Waals surface area contributed by atoms with E-state index in [-0.39, 0.29) is 11.5 Å². The van der Waals surface area contributed by atoms with E-state index in [2.05, 4.69) is 0 Å². The Hall–Kier alpha value is -1.05. The summed E-state index contributed by atoms with van der Waals surface area (Å²) in [4.78, 5) is 11.0. The van der Waals surface area contributed by atoms with Gasteiger partial charge >= 0.3 is 0 Å². The Labute approximate surface area is 65.2 Å². The summed E-state index contributed by atoms with van der Waals surface area (Å²) in [6, 6.07) is 0. The first-order valence-electron chi connectivity index (χ1n) is 3.92. The lowest BCUT2D eigenvalue weighted by Crippen LogP contribution is -2.07. The minimum Gasteiger partial charge on any atom is -0.504 e. The van der Waals surface area contributed by atoms with Crippen LogP contribution in [0, 0.1) is 0 Å². The van der Waals surface area contributed by atoms with E-state index in [1.165, 1.54) is 11.1 Å². The van der Waals surface area contributed by atoms with Gasteiger partial charge in [-0.3, -0.25) is 4.79 Å². The second-order valence-corrected chi connectivity index (χ2v) is 3.11. The summed E-state index contributed by atoms with van der Waals surface area (Å²) in [5.74, 6) is -0.170. The van der Waals surface area contributed by atoms with Crippen molar-refractivity contribution >= 4 is 5.78 Å². The number of carbonyl (C=O) groups is 1. The molecule has 58 valence electrons. The molecule has 0 bridgehead atoms. The van der Waals surface area contributed by atoms with Crippen molar-refractivity contribution in [2.75, 3.05) is 0 Å². The lowest BCUT2D eigenvalue weighted by atomic mass is 9.98. The summed E-state index contributed by atoms with van der Waals surface area (Å²) in [6.45, 7) is 0. The number of hydrogen-bond donors (Lipinski definition) is 1. The van der Waals surface area contributed by atoms with E-state index in [1.807, 2.05) is 0 Å². The first-order valence-corrected chi connectivity index (χ1v) is 3.92. The maximum atomic E-state index is 11.0. The van der Waals surface area contributed by atoms with Gasteiger partial charge in [-0.15, -0.1) is 0 Å². The predicted octanol–water partition coefficient (Wildman–Crippen LogP) is 1.88. The van der Waals surface area contributed by atoms with Gasteiger partial charge < -0.3 is 5.11 Å². The number of allylic oxidation sites excluding steroid dienone is 4. The number of aliphatic hydroxyl groups is 1. The van der Waals surface area contributed by atoms with E-state index in [1.54, 1.807) is 6.08 Å². The minimum absolute atomic E-state index is 0.0503. The van der Waals surface area contributed by atoms with Crippen LogP contribution in [0.25, 0.3) is 0 Å². The Morgan fingerprint density at radius 1 is 1.36 bits per heavy atom. The number of ketones is 1. The zero-order valence-corrected chi connectivity index (χ0v) is 6.26. The minimum atomic E-state index is -0.120. The molecule has 1 N–H and O–H groups in total. The maximum Gasteiger partial charge on any atom is 0.201 e. The van der Waals surface area contributed by atoms with Gasteiger partial charge in [0.05, 0.1) is 0 Å². The normalized spacial score (nSPS) is 23.6. The van der Waals surface area contributed by atoms with Gasteiger partial charge in [-0.05, 0) is 30.9 Å². The summed E-state index contributed by atoms with van der Waals surface area (Å²) >= 11 is 0. The molecule has 0 amide bonds. The summed E-state index contributed by atoms with van der Waals surface area (Å²) in [5.41, 5.74) is 2.44. The van der Waals surface area contributed by atoms with Gasteiger partial charge in [0.25, 0.3) is 0 Å². The molecule has 0 aromatic carbocycles. The van der Waals surface area contributed by atoms with Crippen molar-refractivity contribution < 1.29 is 9.90 Å². The second-order valence-electron chi connectivity index (χ2n) is 3.11. The van der Waals surface area contributed by atoms with Crippen LogP contribution in [0.4, 0.5) is 0 Å². The molecule has 2 rings (SSSR count). The smallest absolute Gasteiger partial charge is 0.201 e. The van der Waals surface area contributed by atoms with Crippen LogP contribution >= 0.6 is 0 Å². The molecule has 0 saturated heterocycles. The number of aliphatic hydroxyl groups excluding tert-OH is 1. The van der Waals surface area contributed by atoms with Gasteiger partial charge in [0.1, 0.15) is 0 Å². The first kappa shape index (κ1) is 6.65. The van der Waals surface area contributed by atoms with E-state index in [4.69, 9.17) is 5.11 Å². The molecule has 0 heterocycles. The van der Waals surface area contributed by atoms with Crippen LogP contribution in [0.15, 0.2) is 23.0 Å². The molecule has 0 unspecified atom stereocenters. The zero-order chi connectivity index (χ0) is 7.84. The topological polar surface area (TPSA) is 37.3 Å². The third-order valence-corrected chi connectivity index (χ3v) is 2.35. The lowest BCUT2D eigenvalue weighted by molar-refractivity contribution is -0.117.